The second-order valence-corrected chi connectivity index (χ2v) is 6.99. The Bertz CT molecular complexity index is 465. The number of thioether (sulfide) groups is 1. The van der Waals surface area contributed by atoms with Gasteiger partial charge in [0.05, 0.1) is 12.3 Å². The Morgan fingerprint density at radius 1 is 1.29 bits per heavy atom. The highest BCUT2D eigenvalue weighted by Gasteiger charge is 2.20. The molecule has 1 aromatic heterocycles. The number of aliphatic carboxylic acids is 1. The quantitative estimate of drug-likeness (QED) is 0.859. The van der Waals surface area contributed by atoms with Crippen LogP contribution in [-0.4, -0.2) is 65.3 Å². The van der Waals surface area contributed by atoms with Crippen LogP contribution in [0.15, 0.2) is 17.5 Å². The number of carbonyl (C=O) groups excluding carboxylic acids is 1. The summed E-state index contributed by atoms with van der Waals surface area (Å²) < 4.78 is 0. The van der Waals surface area contributed by atoms with E-state index in [2.05, 4.69) is 6.07 Å². The largest absolute Gasteiger partial charge is 0.480 e. The van der Waals surface area contributed by atoms with E-state index in [9.17, 15) is 9.59 Å². The van der Waals surface area contributed by atoms with E-state index in [-0.39, 0.29) is 12.5 Å². The minimum Gasteiger partial charge on any atom is -0.480 e. The maximum Gasteiger partial charge on any atom is 0.317 e. The minimum atomic E-state index is -0.804. The highest BCUT2D eigenvalue weighted by atomic mass is 32.2. The van der Waals surface area contributed by atoms with Crippen LogP contribution >= 0.6 is 23.1 Å². The van der Waals surface area contributed by atoms with E-state index < -0.39 is 5.97 Å². The van der Waals surface area contributed by atoms with Crippen LogP contribution in [0.1, 0.15) is 11.3 Å². The molecule has 5 nitrogen and oxygen atoms in total. The molecule has 0 saturated carbocycles. The lowest BCUT2D eigenvalue weighted by molar-refractivity contribution is -0.138. The molecule has 21 heavy (non-hydrogen) atoms. The predicted molar refractivity (Wildman–Crippen MR) is 85.8 cm³/mol. The van der Waals surface area contributed by atoms with Gasteiger partial charge in [0.25, 0.3) is 0 Å². The zero-order chi connectivity index (χ0) is 15.1. The van der Waals surface area contributed by atoms with Crippen molar-refractivity contribution in [2.75, 3.05) is 38.5 Å². The topological polar surface area (TPSA) is 60.9 Å². The monoisotopic (exact) mass is 328 g/mol. The third-order valence-electron chi connectivity index (χ3n) is 3.35. The van der Waals surface area contributed by atoms with Gasteiger partial charge in [0.1, 0.15) is 0 Å². The lowest BCUT2D eigenvalue weighted by Crippen LogP contribution is -2.37. The molecule has 2 heterocycles. The van der Waals surface area contributed by atoms with Crippen molar-refractivity contribution in [1.29, 1.82) is 0 Å². The molecule has 0 atom stereocenters. The van der Waals surface area contributed by atoms with Crippen molar-refractivity contribution in [2.24, 2.45) is 0 Å². The average Bonchev–Trinajstić information content (AvgIpc) is 2.84. The molecular weight excluding hydrogens is 308 g/mol. The lowest BCUT2D eigenvalue weighted by Gasteiger charge is -2.21. The molecule has 1 aromatic rings. The van der Waals surface area contributed by atoms with Gasteiger partial charge >= 0.3 is 5.97 Å². The van der Waals surface area contributed by atoms with Crippen LogP contribution in [0.3, 0.4) is 0 Å². The zero-order valence-corrected chi connectivity index (χ0v) is 13.5. The van der Waals surface area contributed by atoms with Gasteiger partial charge in [0.2, 0.25) is 5.91 Å². The van der Waals surface area contributed by atoms with Crippen LogP contribution < -0.4 is 0 Å². The highest BCUT2D eigenvalue weighted by molar-refractivity contribution is 7.99. The average molecular weight is 328 g/mol. The van der Waals surface area contributed by atoms with Crippen LogP contribution in [0.5, 0.6) is 0 Å². The van der Waals surface area contributed by atoms with E-state index in [0.717, 1.165) is 25.3 Å². The molecular formula is C14H20N2O3S2. The Hall–Kier alpha value is -1.05. The van der Waals surface area contributed by atoms with Crippen molar-refractivity contribution in [2.45, 2.75) is 12.2 Å². The molecule has 0 unspecified atom stereocenters. The number of hydrogen-bond donors (Lipinski definition) is 1. The summed E-state index contributed by atoms with van der Waals surface area (Å²) in [4.78, 5) is 28.0. The van der Waals surface area contributed by atoms with Gasteiger partial charge in [0.15, 0.2) is 0 Å². The Morgan fingerprint density at radius 2 is 2.14 bits per heavy atom. The summed E-state index contributed by atoms with van der Waals surface area (Å²) in [6, 6.07) is 4.10. The molecule has 1 fully saturated rings. The number of thiophene rings is 1. The van der Waals surface area contributed by atoms with E-state index in [1.165, 1.54) is 4.88 Å². The van der Waals surface area contributed by atoms with Gasteiger partial charge in [0, 0.05) is 36.8 Å². The number of amides is 1. The molecule has 1 saturated heterocycles. The Morgan fingerprint density at radius 3 is 2.86 bits per heavy atom. The van der Waals surface area contributed by atoms with Gasteiger partial charge in [-0.2, -0.15) is 0 Å². The first-order valence-electron chi connectivity index (χ1n) is 6.97. The zero-order valence-electron chi connectivity index (χ0n) is 11.9. The maximum atomic E-state index is 12.2. The third kappa shape index (κ3) is 5.68. The van der Waals surface area contributed by atoms with E-state index in [4.69, 9.17) is 5.11 Å². The van der Waals surface area contributed by atoms with E-state index >= 15 is 0 Å². The predicted octanol–water partition coefficient (Wildman–Crippen LogP) is 1.60. The van der Waals surface area contributed by atoms with Crippen LogP contribution in [0.2, 0.25) is 0 Å². The molecule has 116 valence electrons. The van der Waals surface area contributed by atoms with Crippen molar-refractivity contribution in [3.63, 3.8) is 0 Å². The molecule has 1 N–H and O–H groups in total. The summed E-state index contributed by atoms with van der Waals surface area (Å²) in [5, 5.41) is 10.9. The van der Waals surface area contributed by atoms with Crippen molar-refractivity contribution in [1.82, 2.24) is 9.80 Å². The van der Waals surface area contributed by atoms with E-state index in [1.54, 1.807) is 23.1 Å². The van der Waals surface area contributed by atoms with Crippen molar-refractivity contribution >= 4 is 35.0 Å². The number of rotatable bonds is 6. The molecule has 0 bridgehead atoms. The summed E-state index contributed by atoms with van der Waals surface area (Å²) in [5.41, 5.74) is 0. The summed E-state index contributed by atoms with van der Waals surface area (Å²) >= 11 is 3.35. The standard InChI is InChI=1S/C14H20N2O3S2/c17-13(11-20-10-12-3-1-8-21-12)16-5-2-4-15(6-7-16)9-14(18)19/h1,3,8H,2,4-7,9-11H2,(H,18,19). The fraction of sp³-hybridized carbons (Fsp3) is 0.571. The number of carboxylic acid groups (broad SMARTS) is 1. The molecule has 2 rings (SSSR count). The summed E-state index contributed by atoms with van der Waals surface area (Å²) in [6.45, 7) is 2.82. The normalized spacial score (nSPS) is 16.7. The van der Waals surface area contributed by atoms with Gasteiger partial charge in [-0.1, -0.05) is 6.07 Å². The SMILES string of the molecule is O=C(O)CN1CCCN(C(=O)CSCc2cccs2)CC1. The maximum absolute atomic E-state index is 12.2. The molecule has 1 aliphatic rings. The summed E-state index contributed by atoms with van der Waals surface area (Å²) in [5.74, 6) is 0.731. The minimum absolute atomic E-state index is 0.0646. The number of carboxylic acids is 1. The van der Waals surface area contributed by atoms with Gasteiger partial charge in [-0.25, -0.2) is 0 Å². The summed E-state index contributed by atoms with van der Waals surface area (Å²) in [6.07, 6.45) is 0.842. The fourth-order valence-corrected chi connectivity index (χ4v) is 4.06. The molecule has 1 amide bonds. The van der Waals surface area contributed by atoms with Gasteiger partial charge in [-0.05, 0) is 17.9 Å². The first-order chi connectivity index (χ1) is 10.1. The van der Waals surface area contributed by atoms with Crippen LogP contribution in [0.25, 0.3) is 0 Å². The Kier molecular flexibility index (Phi) is 6.53. The molecule has 7 heteroatoms. The van der Waals surface area contributed by atoms with E-state index in [1.807, 2.05) is 21.2 Å². The molecule has 0 radical (unpaired) electrons. The lowest BCUT2D eigenvalue weighted by atomic mass is 10.4. The van der Waals surface area contributed by atoms with Gasteiger partial charge in [-0.15, -0.1) is 23.1 Å². The van der Waals surface area contributed by atoms with Gasteiger partial charge < -0.3 is 10.0 Å². The van der Waals surface area contributed by atoms with Crippen LogP contribution in [0.4, 0.5) is 0 Å². The molecule has 0 aliphatic carbocycles. The first-order valence-corrected chi connectivity index (χ1v) is 9.00. The highest BCUT2D eigenvalue weighted by Crippen LogP contribution is 2.17. The second-order valence-electron chi connectivity index (χ2n) is 4.98. The second kappa shape index (κ2) is 8.41. The Balaban J connectivity index is 1.71. The van der Waals surface area contributed by atoms with Gasteiger partial charge in [-0.3, -0.25) is 14.5 Å². The molecule has 0 aromatic carbocycles. The van der Waals surface area contributed by atoms with E-state index in [0.29, 0.717) is 18.8 Å². The molecule has 0 spiro atoms. The number of hydrogen-bond acceptors (Lipinski definition) is 5. The van der Waals surface area contributed by atoms with Crippen molar-refractivity contribution < 1.29 is 14.7 Å². The summed E-state index contributed by atoms with van der Waals surface area (Å²) in [7, 11) is 0. The smallest absolute Gasteiger partial charge is 0.317 e. The third-order valence-corrected chi connectivity index (χ3v) is 5.38. The van der Waals surface area contributed by atoms with Crippen LogP contribution in [0, 0.1) is 0 Å². The Labute approximate surface area is 132 Å². The fourth-order valence-electron chi connectivity index (χ4n) is 2.29. The number of nitrogens with zero attached hydrogens (tertiary/aromatic N) is 2. The molecule has 1 aliphatic heterocycles. The number of carbonyl (C=O) groups is 2. The van der Waals surface area contributed by atoms with Crippen molar-refractivity contribution in [3.8, 4) is 0 Å². The van der Waals surface area contributed by atoms with Crippen LogP contribution in [-0.2, 0) is 15.3 Å². The first kappa shape index (κ1) is 16.3. The van der Waals surface area contributed by atoms with Crippen molar-refractivity contribution in [3.05, 3.63) is 22.4 Å².